The number of carbonyl (C=O) groups is 1. The van der Waals surface area contributed by atoms with Gasteiger partial charge in [-0.2, -0.15) is 0 Å². The predicted octanol–water partition coefficient (Wildman–Crippen LogP) is 0.591. The first-order valence-electron chi connectivity index (χ1n) is 8.23. The van der Waals surface area contributed by atoms with Crippen molar-refractivity contribution in [3.63, 3.8) is 0 Å². The average molecular weight is 323 g/mol. The number of nitrogens with zero attached hydrogens (tertiary/aromatic N) is 3. The molecule has 0 aliphatic carbocycles. The van der Waals surface area contributed by atoms with Gasteiger partial charge in [-0.3, -0.25) is 4.79 Å². The van der Waals surface area contributed by atoms with E-state index in [0.29, 0.717) is 36.7 Å². The number of ether oxygens (including phenoxy) is 1. The lowest BCUT2D eigenvalue weighted by molar-refractivity contribution is -0.0524. The Bertz CT molecular complexity index is 548. The molecule has 128 valence electrons. The van der Waals surface area contributed by atoms with Crippen LogP contribution in [-0.4, -0.2) is 77.5 Å². The number of amides is 1. The van der Waals surface area contributed by atoms with E-state index in [1.165, 1.54) is 12.8 Å². The third-order valence-corrected chi connectivity index (χ3v) is 4.61. The van der Waals surface area contributed by atoms with Crippen molar-refractivity contribution in [1.82, 2.24) is 15.0 Å². The first kappa shape index (κ1) is 16.4. The van der Waals surface area contributed by atoms with Crippen molar-refractivity contribution in [2.24, 2.45) is 0 Å². The molecule has 0 radical (unpaired) electrons. The van der Waals surface area contributed by atoms with Crippen molar-refractivity contribution < 1.29 is 19.2 Å². The number of hydrogen-bond donors (Lipinski definition) is 1. The lowest BCUT2D eigenvalue weighted by Gasteiger charge is -2.34. The lowest BCUT2D eigenvalue weighted by Crippen LogP contribution is -2.53. The summed E-state index contributed by atoms with van der Waals surface area (Å²) in [7, 11) is 0. The molecule has 2 fully saturated rings. The predicted molar refractivity (Wildman–Crippen MR) is 83.3 cm³/mol. The zero-order valence-corrected chi connectivity index (χ0v) is 13.9. The first-order valence-corrected chi connectivity index (χ1v) is 8.23. The maximum absolute atomic E-state index is 12.8. The van der Waals surface area contributed by atoms with Crippen LogP contribution in [0.3, 0.4) is 0 Å². The molecular formula is C16H25N3O4. The largest absolute Gasteiger partial charge is 0.384 e. The van der Waals surface area contributed by atoms with Crippen molar-refractivity contribution >= 4 is 5.91 Å². The smallest absolute Gasteiger partial charge is 0.259 e. The van der Waals surface area contributed by atoms with Crippen LogP contribution in [0.25, 0.3) is 0 Å². The van der Waals surface area contributed by atoms with Crippen molar-refractivity contribution in [3.8, 4) is 0 Å². The second kappa shape index (κ2) is 6.59. The molecule has 1 aromatic rings. The molecule has 1 amide bonds. The van der Waals surface area contributed by atoms with Crippen LogP contribution in [0.5, 0.6) is 0 Å². The summed E-state index contributed by atoms with van der Waals surface area (Å²) in [5.41, 5.74) is 0.0475. The number of aryl methyl sites for hydroxylation is 2. The molecule has 7 heteroatoms. The van der Waals surface area contributed by atoms with Gasteiger partial charge in [0, 0.05) is 13.1 Å². The highest BCUT2D eigenvalue weighted by atomic mass is 16.5. The molecule has 1 aromatic heterocycles. The highest BCUT2D eigenvalue weighted by molar-refractivity contribution is 5.96. The Morgan fingerprint density at radius 3 is 2.70 bits per heavy atom. The summed E-state index contributed by atoms with van der Waals surface area (Å²) in [4.78, 5) is 16.7. The SMILES string of the molecule is Cc1noc(C)c1C(=O)N1CCOCC(O)(CN2CCCC2)C1. The van der Waals surface area contributed by atoms with Gasteiger partial charge in [0.05, 0.1) is 25.5 Å². The fourth-order valence-electron chi connectivity index (χ4n) is 3.49. The third-order valence-electron chi connectivity index (χ3n) is 4.61. The minimum absolute atomic E-state index is 0.147. The summed E-state index contributed by atoms with van der Waals surface area (Å²) in [5, 5.41) is 14.8. The Balaban J connectivity index is 1.75. The summed E-state index contributed by atoms with van der Waals surface area (Å²) < 4.78 is 10.7. The van der Waals surface area contributed by atoms with E-state index < -0.39 is 5.60 Å². The van der Waals surface area contributed by atoms with Crippen molar-refractivity contribution in [3.05, 3.63) is 17.0 Å². The summed E-state index contributed by atoms with van der Waals surface area (Å²) in [6, 6.07) is 0. The van der Waals surface area contributed by atoms with Crippen molar-refractivity contribution in [2.75, 3.05) is 45.9 Å². The van der Waals surface area contributed by atoms with E-state index in [2.05, 4.69) is 10.1 Å². The number of aromatic nitrogens is 1. The van der Waals surface area contributed by atoms with Crippen LogP contribution in [0.15, 0.2) is 4.52 Å². The second-order valence-electron chi connectivity index (χ2n) is 6.69. The number of hydrogen-bond acceptors (Lipinski definition) is 6. The molecule has 1 N–H and O–H groups in total. The molecule has 2 saturated heterocycles. The number of β-amino-alcohol motifs (C(OH)–C–C–N with tert-alkyl or cyclic N) is 1. The molecule has 2 aliphatic heterocycles. The van der Waals surface area contributed by atoms with Crippen LogP contribution < -0.4 is 0 Å². The standard InChI is InChI=1S/C16H25N3O4/c1-12-14(13(2)23-17-12)15(20)19-7-8-22-11-16(21,10-19)9-18-5-3-4-6-18/h21H,3-11H2,1-2H3. The Labute approximate surface area is 136 Å². The van der Waals surface area contributed by atoms with Crippen LogP contribution in [0.2, 0.25) is 0 Å². The number of carbonyl (C=O) groups excluding carboxylic acids is 1. The number of rotatable bonds is 3. The number of aliphatic hydroxyl groups is 1. The molecule has 0 spiro atoms. The van der Waals surface area contributed by atoms with E-state index in [4.69, 9.17) is 9.26 Å². The molecule has 3 heterocycles. The maximum atomic E-state index is 12.8. The fourth-order valence-corrected chi connectivity index (χ4v) is 3.49. The molecule has 1 atom stereocenters. The quantitative estimate of drug-likeness (QED) is 0.877. The lowest BCUT2D eigenvalue weighted by atomic mass is 10.0. The first-order chi connectivity index (χ1) is 11.0. The monoisotopic (exact) mass is 323 g/mol. The van der Waals surface area contributed by atoms with E-state index in [-0.39, 0.29) is 19.1 Å². The minimum Gasteiger partial charge on any atom is -0.384 e. The molecule has 0 aromatic carbocycles. The fraction of sp³-hybridized carbons (Fsp3) is 0.750. The van der Waals surface area contributed by atoms with Crippen molar-refractivity contribution in [2.45, 2.75) is 32.3 Å². The van der Waals surface area contributed by atoms with E-state index in [1.54, 1.807) is 18.7 Å². The molecule has 1 unspecified atom stereocenters. The summed E-state index contributed by atoms with van der Waals surface area (Å²) in [6.07, 6.45) is 2.33. The van der Waals surface area contributed by atoms with Gasteiger partial charge in [0.2, 0.25) is 0 Å². The highest BCUT2D eigenvalue weighted by Gasteiger charge is 2.37. The summed E-state index contributed by atoms with van der Waals surface area (Å²) >= 11 is 0. The van der Waals surface area contributed by atoms with Gasteiger partial charge in [-0.25, -0.2) is 0 Å². The molecular weight excluding hydrogens is 298 g/mol. The zero-order chi connectivity index (χ0) is 16.4. The summed E-state index contributed by atoms with van der Waals surface area (Å²) in [6.45, 7) is 7.45. The van der Waals surface area contributed by atoms with Crippen LogP contribution in [0, 0.1) is 13.8 Å². The molecule has 3 rings (SSSR count). The van der Waals surface area contributed by atoms with Gasteiger partial charge in [-0.1, -0.05) is 5.16 Å². The topological polar surface area (TPSA) is 79.0 Å². The Hall–Kier alpha value is -1.44. The van der Waals surface area contributed by atoms with Gasteiger partial charge in [0.1, 0.15) is 16.9 Å². The molecule has 0 saturated carbocycles. The number of likely N-dealkylation sites (tertiary alicyclic amines) is 1. The van der Waals surface area contributed by atoms with Gasteiger partial charge < -0.3 is 24.2 Å². The van der Waals surface area contributed by atoms with E-state index in [1.807, 2.05) is 0 Å². The van der Waals surface area contributed by atoms with Gasteiger partial charge in [-0.05, 0) is 39.8 Å². The third kappa shape index (κ3) is 3.57. The van der Waals surface area contributed by atoms with E-state index >= 15 is 0 Å². The summed E-state index contributed by atoms with van der Waals surface area (Å²) in [5.74, 6) is 0.368. The van der Waals surface area contributed by atoms with Crippen LogP contribution in [-0.2, 0) is 4.74 Å². The van der Waals surface area contributed by atoms with Crippen LogP contribution in [0.1, 0.15) is 34.7 Å². The Morgan fingerprint density at radius 2 is 2.04 bits per heavy atom. The van der Waals surface area contributed by atoms with E-state index in [0.717, 1.165) is 13.1 Å². The van der Waals surface area contributed by atoms with Crippen molar-refractivity contribution in [1.29, 1.82) is 0 Å². The minimum atomic E-state index is -1.03. The van der Waals surface area contributed by atoms with Gasteiger partial charge in [0.25, 0.3) is 5.91 Å². The Morgan fingerprint density at radius 1 is 1.30 bits per heavy atom. The van der Waals surface area contributed by atoms with Gasteiger partial charge in [-0.15, -0.1) is 0 Å². The maximum Gasteiger partial charge on any atom is 0.259 e. The highest BCUT2D eigenvalue weighted by Crippen LogP contribution is 2.21. The molecule has 2 aliphatic rings. The van der Waals surface area contributed by atoms with E-state index in [9.17, 15) is 9.90 Å². The second-order valence-corrected chi connectivity index (χ2v) is 6.69. The average Bonchev–Trinajstić information content (AvgIpc) is 3.06. The normalized spacial score (nSPS) is 26.5. The molecule has 0 bridgehead atoms. The molecule has 7 nitrogen and oxygen atoms in total. The van der Waals surface area contributed by atoms with Gasteiger partial charge in [0.15, 0.2) is 0 Å². The Kier molecular flexibility index (Phi) is 4.70. The van der Waals surface area contributed by atoms with Gasteiger partial charge >= 0.3 is 0 Å². The molecule has 23 heavy (non-hydrogen) atoms. The van der Waals surface area contributed by atoms with Crippen LogP contribution >= 0.6 is 0 Å². The van der Waals surface area contributed by atoms with Crippen LogP contribution in [0.4, 0.5) is 0 Å². The zero-order valence-electron chi connectivity index (χ0n) is 13.9.